The molecule has 1 aliphatic carbocycles. The quantitative estimate of drug-likeness (QED) is 0.502. The van der Waals surface area contributed by atoms with Crippen molar-refractivity contribution < 1.29 is 0 Å². The van der Waals surface area contributed by atoms with Gasteiger partial charge >= 0.3 is 0 Å². The highest BCUT2D eigenvalue weighted by Crippen LogP contribution is 2.33. The van der Waals surface area contributed by atoms with E-state index < -0.39 is 0 Å². The van der Waals surface area contributed by atoms with E-state index in [0.29, 0.717) is 5.41 Å². The normalized spacial score (nSPS) is 19.2. The second-order valence-corrected chi connectivity index (χ2v) is 6.98. The largest absolute Gasteiger partial charge is 0.313 e. The molecule has 0 aromatic heterocycles. The molecule has 0 saturated heterocycles. The van der Waals surface area contributed by atoms with Gasteiger partial charge in [0, 0.05) is 12.6 Å². The number of unbranched alkanes of at least 4 members (excludes halogenated alkanes) is 5. The van der Waals surface area contributed by atoms with Crippen molar-refractivity contribution in [3.05, 3.63) is 0 Å². The topological polar surface area (TPSA) is 12.0 Å². The van der Waals surface area contributed by atoms with Crippen molar-refractivity contribution >= 4 is 0 Å². The molecule has 0 bridgehead atoms. The molecule has 0 radical (unpaired) electrons. The van der Waals surface area contributed by atoms with Gasteiger partial charge in [-0.25, -0.2) is 0 Å². The molecule has 1 nitrogen and oxygen atoms in total. The summed E-state index contributed by atoms with van der Waals surface area (Å²) in [4.78, 5) is 0. The highest BCUT2D eigenvalue weighted by Gasteiger charge is 2.30. The zero-order valence-corrected chi connectivity index (χ0v) is 13.2. The Balaban J connectivity index is 2.14. The maximum absolute atomic E-state index is 3.74. The van der Waals surface area contributed by atoms with Crippen LogP contribution >= 0.6 is 0 Å². The molecule has 0 aliphatic heterocycles. The first-order chi connectivity index (χ1) is 8.58. The first-order valence-electron chi connectivity index (χ1n) is 8.32. The maximum atomic E-state index is 3.74. The summed E-state index contributed by atoms with van der Waals surface area (Å²) in [6, 6.07) is 0.854. The maximum Gasteiger partial charge on any atom is 0.00684 e. The van der Waals surface area contributed by atoms with E-state index in [9.17, 15) is 0 Å². The van der Waals surface area contributed by atoms with Crippen molar-refractivity contribution in [3.8, 4) is 0 Å². The number of hydrogen-bond acceptors (Lipinski definition) is 1. The van der Waals surface area contributed by atoms with Crippen LogP contribution in [0.4, 0.5) is 0 Å². The van der Waals surface area contributed by atoms with Crippen LogP contribution < -0.4 is 5.32 Å². The van der Waals surface area contributed by atoms with Crippen molar-refractivity contribution in [2.24, 2.45) is 11.3 Å². The predicted molar refractivity (Wildman–Crippen MR) is 82.0 cm³/mol. The van der Waals surface area contributed by atoms with Gasteiger partial charge in [-0.1, -0.05) is 66.2 Å². The van der Waals surface area contributed by atoms with Gasteiger partial charge in [-0.05, 0) is 30.6 Å². The Kier molecular flexibility index (Phi) is 7.29. The average Bonchev–Trinajstić information content (AvgIpc) is 3.15. The van der Waals surface area contributed by atoms with E-state index in [-0.39, 0.29) is 0 Å². The molecule has 108 valence electrons. The molecular weight excluding hydrogens is 218 g/mol. The summed E-state index contributed by atoms with van der Waals surface area (Å²) in [6.07, 6.45) is 12.7. The third-order valence-electron chi connectivity index (χ3n) is 4.87. The van der Waals surface area contributed by atoms with Crippen LogP contribution in [0.1, 0.15) is 85.5 Å². The van der Waals surface area contributed by atoms with E-state index in [2.05, 4.69) is 33.0 Å². The van der Waals surface area contributed by atoms with Gasteiger partial charge in [0.25, 0.3) is 0 Å². The number of nitrogens with one attached hydrogen (secondary N) is 1. The summed E-state index contributed by atoms with van der Waals surface area (Å²) in [5, 5.41) is 3.74. The van der Waals surface area contributed by atoms with Gasteiger partial charge in [0.15, 0.2) is 0 Å². The van der Waals surface area contributed by atoms with Crippen molar-refractivity contribution in [1.82, 2.24) is 5.32 Å². The van der Waals surface area contributed by atoms with Crippen LogP contribution in [0.25, 0.3) is 0 Å². The fourth-order valence-electron chi connectivity index (χ4n) is 2.56. The molecule has 0 aromatic rings. The highest BCUT2D eigenvalue weighted by atomic mass is 15.0. The average molecular weight is 253 g/mol. The summed E-state index contributed by atoms with van der Waals surface area (Å²) in [7, 11) is 0. The molecule has 1 atom stereocenters. The molecule has 0 spiro atoms. The second-order valence-electron chi connectivity index (χ2n) is 6.98. The first kappa shape index (κ1) is 16.0. The van der Waals surface area contributed by atoms with Gasteiger partial charge in [-0.3, -0.25) is 0 Å². The van der Waals surface area contributed by atoms with Crippen molar-refractivity contribution in [2.45, 2.75) is 91.5 Å². The van der Waals surface area contributed by atoms with Gasteiger partial charge in [0.05, 0.1) is 0 Å². The fraction of sp³-hybridized carbons (Fsp3) is 1.00. The lowest BCUT2D eigenvalue weighted by Gasteiger charge is -2.34. The predicted octanol–water partition coefficient (Wildman–Crippen LogP) is 5.15. The van der Waals surface area contributed by atoms with E-state index in [1.54, 1.807) is 0 Å². The van der Waals surface area contributed by atoms with Crippen LogP contribution in [-0.2, 0) is 0 Å². The molecule has 1 rings (SSSR count). The zero-order valence-electron chi connectivity index (χ0n) is 13.2. The number of rotatable bonds is 11. The van der Waals surface area contributed by atoms with E-state index in [0.717, 1.165) is 12.0 Å². The molecule has 0 amide bonds. The minimum atomic E-state index is 0.507. The smallest absolute Gasteiger partial charge is 0.00684 e. The SMILES string of the molecule is CCCCCCCCC(C)(CNC1CC1)C(C)C. The Labute approximate surface area is 115 Å². The standard InChI is InChI=1S/C17H35N/c1-5-6-7-8-9-10-13-17(4,15(2)3)14-18-16-11-12-16/h15-16,18H,5-14H2,1-4H3. The molecule has 1 saturated carbocycles. The lowest BCUT2D eigenvalue weighted by Crippen LogP contribution is -2.37. The minimum Gasteiger partial charge on any atom is -0.313 e. The fourth-order valence-corrected chi connectivity index (χ4v) is 2.56. The molecule has 18 heavy (non-hydrogen) atoms. The van der Waals surface area contributed by atoms with Crippen LogP contribution in [0.15, 0.2) is 0 Å². The van der Waals surface area contributed by atoms with Crippen LogP contribution in [0.5, 0.6) is 0 Å². The molecule has 0 heterocycles. The molecule has 1 aliphatic rings. The van der Waals surface area contributed by atoms with Crippen LogP contribution in [-0.4, -0.2) is 12.6 Å². The molecule has 1 N–H and O–H groups in total. The Bertz CT molecular complexity index is 208. The van der Waals surface area contributed by atoms with E-state index in [1.807, 2.05) is 0 Å². The van der Waals surface area contributed by atoms with Crippen LogP contribution in [0.2, 0.25) is 0 Å². The van der Waals surface area contributed by atoms with Gasteiger partial charge < -0.3 is 5.32 Å². The highest BCUT2D eigenvalue weighted by molar-refractivity contribution is 4.87. The summed E-state index contributed by atoms with van der Waals surface area (Å²) >= 11 is 0. The summed E-state index contributed by atoms with van der Waals surface area (Å²) in [5.74, 6) is 0.791. The van der Waals surface area contributed by atoms with Gasteiger partial charge in [0.1, 0.15) is 0 Å². The lowest BCUT2D eigenvalue weighted by atomic mass is 9.75. The Morgan fingerprint density at radius 3 is 2.22 bits per heavy atom. The Morgan fingerprint density at radius 2 is 1.67 bits per heavy atom. The molecular formula is C17H35N. The third-order valence-corrected chi connectivity index (χ3v) is 4.87. The van der Waals surface area contributed by atoms with E-state index in [1.165, 1.54) is 64.3 Å². The monoisotopic (exact) mass is 253 g/mol. The Hall–Kier alpha value is -0.0400. The third kappa shape index (κ3) is 6.22. The minimum absolute atomic E-state index is 0.507. The molecule has 1 heteroatoms. The van der Waals surface area contributed by atoms with E-state index in [4.69, 9.17) is 0 Å². The van der Waals surface area contributed by atoms with Gasteiger partial charge in [0.2, 0.25) is 0 Å². The number of hydrogen-bond donors (Lipinski definition) is 1. The van der Waals surface area contributed by atoms with Crippen LogP contribution in [0, 0.1) is 11.3 Å². The van der Waals surface area contributed by atoms with Gasteiger partial charge in [-0.15, -0.1) is 0 Å². The second kappa shape index (κ2) is 8.19. The van der Waals surface area contributed by atoms with Crippen molar-refractivity contribution in [2.75, 3.05) is 6.54 Å². The molecule has 1 unspecified atom stereocenters. The molecule has 1 fully saturated rings. The van der Waals surface area contributed by atoms with Crippen LogP contribution in [0.3, 0.4) is 0 Å². The summed E-state index contributed by atoms with van der Waals surface area (Å²) in [5.41, 5.74) is 0.507. The van der Waals surface area contributed by atoms with Crippen molar-refractivity contribution in [3.63, 3.8) is 0 Å². The summed E-state index contributed by atoms with van der Waals surface area (Å²) in [6.45, 7) is 10.8. The first-order valence-corrected chi connectivity index (χ1v) is 8.32. The lowest BCUT2D eigenvalue weighted by molar-refractivity contribution is 0.184. The molecule has 0 aromatic carbocycles. The van der Waals surface area contributed by atoms with E-state index >= 15 is 0 Å². The summed E-state index contributed by atoms with van der Waals surface area (Å²) < 4.78 is 0. The van der Waals surface area contributed by atoms with Crippen molar-refractivity contribution in [1.29, 1.82) is 0 Å². The Morgan fingerprint density at radius 1 is 1.06 bits per heavy atom. The zero-order chi connectivity index (χ0) is 13.4. The van der Waals surface area contributed by atoms with Gasteiger partial charge in [-0.2, -0.15) is 0 Å².